The number of hydrogen-bond acceptors (Lipinski definition) is 4. The summed E-state index contributed by atoms with van der Waals surface area (Å²) in [4.78, 5) is 13.2. The van der Waals surface area contributed by atoms with Crippen LogP contribution in [0.15, 0.2) is 0 Å². The van der Waals surface area contributed by atoms with E-state index in [0.717, 1.165) is 13.1 Å². The Labute approximate surface area is 84.6 Å². The van der Waals surface area contributed by atoms with Gasteiger partial charge in [-0.3, -0.25) is 0 Å². The minimum absolute atomic E-state index is 0.0126. The lowest BCUT2D eigenvalue weighted by Crippen LogP contribution is -2.60. The SMILES string of the molecule is COC(=O)N[C@H]1[C@H](N)CN(C)C[C@@H]1C. The lowest BCUT2D eigenvalue weighted by Gasteiger charge is -2.39. The van der Waals surface area contributed by atoms with Gasteiger partial charge in [-0.2, -0.15) is 0 Å². The first-order valence-electron chi connectivity index (χ1n) is 4.83. The number of hydrogen-bond donors (Lipinski definition) is 2. The number of ether oxygens (including phenoxy) is 1. The molecule has 0 aromatic heterocycles. The summed E-state index contributed by atoms with van der Waals surface area (Å²) in [6.07, 6.45) is -0.401. The van der Waals surface area contributed by atoms with Crippen LogP contribution in [0, 0.1) is 5.92 Å². The molecule has 82 valence electrons. The molecule has 0 bridgehead atoms. The van der Waals surface area contributed by atoms with Crippen LogP contribution in [-0.4, -0.2) is 50.3 Å². The van der Waals surface area contributed by atoms with Crippen LogP contribution in [-0.2, 0) is 4.74 Å². The van der Waals surface area contributed by atoms with E-state index < -0.39 is 6.09 Å². The van der Waals surface area contributed by atoms with Crippen LogP contribution < -0.4 is 11.1 Å². The molecule has 1 aliphatic rings. The third-order valence-electron chi connectivity index (χ3n) is 2.67. The first kappa shape index (κ1) is 11.3. The van der Waals surface area contributed by atoms with Crippen molar-refractivity contribution in [2.24, 2.45) is 11.7 Å². The molecule has 0 aromatic rings. The Morgan fingerprint density at radius 2 is 2.21 bits per heavy atom. The first-order valence-corrected chi connectivity index (χ1v) is 4.83. The van der Waals surface area contributed by atoms with E-state index in [-0.39, 0.29) is 12.1 Å². The molecule has 1 saturated heterocycles. The van der Waals surface area contributed by atoms with Crippen molar-refractivity contribution in [2.45, 2.75) is 19.0 Å². The minimum Gasteiger partial charge on any atom is -0.453 e. The van der Waals surface area contributed by atoms with Crippen molar-refractivity contribution in [3.63, 3.8) is 0 Å². The fourth-order valence-electron chi connectivity index (χ4n) is 2.02. The van der Waals surface area contributed by atoms with Crippen LogP contribution >= 0.6 is 0 Å². The van der Waals surface area contributed by atoms with Gasteiger partial charge in [-0.25, -0.2) is 4.79 Å². The van der Waals surface area contributed by atoms with Crippen molar-refractivity contribution in [2.75, 3.05) is 27.2 Å². The highest BCUT2D eigenvalue weighted by Gasteiger charge is 2.31. The molecule has 1 amide bonds. The van der Waals surface area contributed by atoms with E-state index in [1.807, 2.05) is 7.05 Å². The number of rotatable bonds is 1. The van der Waals surface area contributed by atoms with Gasteiger partial charge < -0.3 is 20.7 Å². The Morgan fingerprint density at radius 3 is 2.71 bits per heavy atom. The lowest BCUT2D eigenvalue weighted by molar-refractivity contribution is 0.128. The number of carbonyl (C=O) groups is 1. The number of nitrogens with two attached hydrogens (primary N) is 1. The predicted octanol–water partition coefficient (Wildman–Crippen LogP) is -0.380. The Balaban J connectivity index is 2.53. The van der Waals surface area contributed by atoms with E-state index in [1.165, 1.54) is 7.11 Å². The second kappa shape index (κ2) is 4.61. The quantitative estimate of drug-likeness (QED) is 0.607. The maximum Gasteiger partial charge on any atom is 0.407 e. The molecular weight excluding hydrogens is 182 g/mol. The largest absolute Gasteiger partial charge is 0.453 e. The highest BCUT2D eigenvalue weighted by atomic mass is 16.5. The Morgan fingerprint density at radius 1 is 1.57 bits per heavy atom. The van der Waals surface area contributed by atoms with Crippen LogP contribution in [0.4, 0.5) is 4.79 Å². The summed E-state index contributed by atoms with van der Waals surface area (Å²) in [5.41, 5.74) is 5.95. The number of likely N-dealkylation sites (tertiary alicyclic amines) is 1. The molecule has 0 radical (unpaired) electrons. The summed E-state index contributed by atoms with van der Waals surface area (Å²) in [7, 11) is 3.39. The number of likely N-dealkylation sites (N-methyl/N-ethyl adjacent to an activating group) is 1. The zero-order valence-electron chi connectivity index (χ0n) is 8.99. The maximum absolute atomic E-state index is 11.1. The van der Waals surface area contributed by atoms with Crippen LogP contribution in [0.5, 0.6) is 0 Å². The van der Waals surface area contributed by atoms with Gasteiger partial charge in [-0.05, 0) is 13.0 Å². The number of nitrogens with zero attached hydrogens (tertiary/aromatic N) is 1. The topological polar surface area (TPSA) is 67.6 Å². The summed E-state index contributed by atoms with van der Waals surface area (Å²) >= 11 is 0. The summed E-state index contributed by atoms with van der Waals surface area (Å²) < 4.78 is 4.56. The number of methoxy groups -OCH3 is 1. The number of carbonyl (C=O) groups excluding carboxylic acids is 1. The highest BCUT2D eigenvalue weighted by molar-refractivity contribution is 5.67. The Hall–Kier alpha value is -0.810. The second-order valence-electron chi connectivity index (χ2n) is 4.02. The third-order valence-corrected chi connectivity index (χ3v) is 2.67. The van der Waals surface area contributed by atoms with Crippen molar-refractivity contribution in [1.29, 1.82) is 0 Å². The fraction of sp³-hybridized carbons (Fsp3) is 0.889. The summed E-state index contributed by atoms with van der Waals surface area (Å²) in [5, 5.41) is 2.78. The van der Waals surface area contributed by atoms with Gasteiger partial charge in [0.2, 0.25) is 0 Å². The van der Waals surface area contributed by atoms with Crippen molar-refractivity contribution in [1.82, 2.24) is 10.2 Å². The predicted molar refractivity (Wildman–Crippen MR) is 54.0 cm³/mol. The molecule has 0 aromatic carbocycles. The van der Waals surface area contributed by atoms with E-state index >= 15 is 0 Å². The highest BCUT2D eigenvalue weighted by Crippen LogP contribution is 2.14. The number of nitrogens with one attached hydrogen (secondary N) is 1. The van der Waals surface area contributed by atoms with Crippen molar-refractivity contribution >= 4 is 6.09 Å². The number of alkyl carbamates (subject to hydrolysis) is 1. The lowest BCUT2D eigenvalue weighted by atomic mass is 9.91. The molecule has 0 spiro atoms. The molecular formula is C9H19N3O2. The minimum atomic E-state index is -0.401. The monoisotopic (exact) mass is 201 g/mol. The summed E-state index contributed by atoms with van der Waals surface area (Å²) in [5.74, 6) is 0.350. The summed E-state index contributed by atoms with van der Waals surface area (Å²) in [6.45, 7) is 3.83. The number of piperidine rings is 1. The summed E-state index contributed by atoms with van der Waals surface area (Å²) in [6, 6.07) is -0.0125. The van der Waals surface area contributed by atoms with Gasteiger partial charge in [0, 0.05) is 19.1 Å². The van der Waals surface area contributed by atoms with Gasteiger partial charge in [0.1, 0.15) is 0 Å². The number of amides is 1. The zero-order valence-corrected chi connectivity index (χ0v) is 8.99. The Bertz CT molecular complexity index is 198. The molecule has 1 heterocycles. The maximum atomic E-state index is 11.1. The van der Waals surface area contributed by atoms with Gasteiger partial charge in [-0.1, -0.05) is 6.92 Å². The van der Waals surface area contributed by atoms with Gasteiger partial charge in [-0.15, -0.1) is 0 Å². The van der Waals surface area contributed by atoms with Crippen LogP contribution in [0.1, 0.15) is 6.92 Å². The molecule has 3 N–H and O–H groups in total. The van der Waals surface area contributed by atoms with Gasteiger partial charge in [0.15, 0.2) is 0 Å². The van der Waals surface area contributed by atoms with Crippen LogP contribution in [0.2, 0.25) is 0 Å². The second-order valence-corrected chi connectivity index (χ2v) is 4.02. The molecule has 1 fully saturated rings. The van der Waals surface area contributed by atoms with Crippen molar-refractivity contribution in [3.8, 4) is 0 Å². The zero-order chi connectivity index (χ0) is 10.7. The van der Waals surface area contributed by atoms with E-state index in [4.69, 9.17) is 5.73 Å². The van der Waals surface area contributed by atoms with E-state index in [1.54, 1.807) is 0 Å². The molecule has 1 rings (SSSR count). The van der Waals surface area contributed by atoms with E-state index in [9.17, 15) is 4.79 Å². The standard InChI is InChI=1S/C9H19N3O2/c1-6-4-12(2)5-7(10)8(6)11-9(13)14-3/h6-8H,4-5,10H2,1-3H3,(H,11,13)/t6-,7+,8+/m0/s1. The van der Waals surface area contributed by atoms with Crippen LogP contribution in [0.3, 0.4) is 0 Å². The smallest absolute Gasteiger partial charge is 0.407 e. The van der Waals surface area contributed by atoms with Gasteiger partial charge in [0.05, 0.1) is 13.2 Å². The molecule has 3 atom stereocenters. The van der Waals surface area contributed by atoms with Crippen LogP contribution in [0.25, 0.3) is 0 Å². The Kier molecular flexibility index (Phi) is 3.71. The molecule has 14 heavy (non-hydrogen) atoms. The molecule has 0 saturated carbocycles. The third kappa shape index (κ3) is 2.59. The van der Waals surface area contributed by atoms with Crippen molar-refractivity contribution < 1.29 is 9.53 Å². The molecule has 1 aliphatic heterocycles. The molecule has 5 heteroatoms. The normalized spacial score (nSPS) is 33.9. The van der Waals surface area contributed by atoms with Gasteiger partial charge in [0.25, 0.3) is 0 Å². The molecule has 5 nitrogen and oxygen atoms in total. The molecule has 0 aliphatic carbocycles. The first-order chi connectivity index (χ1) is 6.54. The van der Waals surface area contributed by atoms with Gasteiger partial charge >= 0.3 is 6.09 Å². The average molecular weight is 201 g/mol. The van der Waals surface area contributed by atoms with E-state index in [2.05, 4.69) is 21.9 Å². The van der Waals surface area contributed by atoms with E-state index in [0.29, 0.717) is 5.92 Å². The van der Waals surface area contributed by atoms with Crippen molar-refractivity contribution in [3.05, 3.63) is 0 Å². The molecule has 0 unspecified atom stereocenters. The average Bonchev–Trinajstić information content (AvgIpc) is 2.10. The fourth-order valence-corrected chi connectivity index (χ4v) is 2.02.